The molecule has 0 spiro atoms. The second-order valence-electron chi connectivity index (χ2n) is 6.44. The molecule has 0 aliphatic heterocycles. The zero-order valence-corrected chi connectivity index (χ0v) is 17.2. The standard InChI is InChI=1S/C21H19FN4OS.ClH/c22-17-8-4-9-18-20(17)24-21(28-18)26(12-5-11-25-13-10-23-15-25)19(27)14-16-6-2-1-3-7-16;/h1-4,6-10,13,15H,5,11-12,14H2;1H. The second-order valence-corrected chi connectivity index (χ2v) is 7.45. The molecule has 4 rings (SSSR count). The van der Waals surface area contributed by atoms with Crippen LogP contribution in [-0.4, -0.2) is 27.0 Å². The number of benzene rings is 2. The fourth-order valence-electron chi connectivity index (χ4n) is 3.04. The maximum Gasteiger partial charge on any atom is 0.233 e. The largest absolute Gasteiger partial charge is 0.337 e. The molecule has 0 bridgehead atoms. The summed E-state index contributed by atoms with van der Waals surface area (Å²) in [6.45, 7) is 1.25. The fraction of sp³-hybridized carbons (Fsp3) is 0.190. The van der Waals surface area contributed by atoms with Gasteiger partial charge in [-0.1, -0.05) is 47.7 Å². The molecule has 0 aliphatic carbocycles. The van der Waals surface area contributed by atoms with Gasteiger partial charge in [-0.15, -0.1) is 12.4 Å². The number of carbonyl (C=O) groups is 1. The first-order valence-corrected chi connectivity index (χ1v) is 9.87. The SMILES string of the molecule is Cl.O=C(Cc1ccccc1)N(CCCn1ccnc1)c1nc2c(F)cccc2s1. The first-order valence-electron chi connectivity index (χ1n) is 9.06. The summed E-state index contributed by atoms with van der Waals surface area (Å²) in [5, 5.41) is 0.534. The predicted molar refractivity (Wildman–Crippen MR) is 116 cm³/mol. The Morgan fingerprint density at radius 2 is 1.97 bits per heavy atom. The minimum absolute atomic E-state index is 0. The average molecular weight is 431 g/mol. The minimum Gasteiger partial charge on any atom is -0.337 e. The third-order valence-electron chi connectivity index (χ3n) is 4.45. The van der Waals surface area contributed by atoms with Gasteiger partial charge in [-0.05, 0) is 24.1 Å². The number of amides is 1. The van der Waals surface area contributed by atoms with E-state index >= 15 is 0 Å². The number of aryl methyl sites for hydroxylation is 1. The number of anilines is 1. The Hall–Kier alpha value is -2.77. The molecule has 2 aromatic heterocycles. The Balaban J connectivity index is 0.00000240. The molecule has 0 aliphatic rings. The highest BCUT2D eigenvalue weighted by Crippen LogP contribution is 2.30. The molecule has 0 radical (unpaired) electrons. The van der Waals surface area contributed by atoms with Gasteiger partial charge in [0.2, 0.25) is 5.91 Å². The van der Waals surface area contributed by atoms with E-state index in [9.17, 15) is 9.18 Å². The lowest BCUT2D eigenvalue weighted by Crippen LogP contribution is -2.33. The summed E-state index contributed by atoms with van der Waals surface area (Å²) < 4.78 is 16.8. The van der Waals surface area contributed by atoms with Crippen molar-refractivity contribution in [2.24, 2.45) is 0 Å². The van der Waals surface area contributed by atoms with Gasteiger partial charge in [0, 0.05) is 25.5 Å². The number of halogens is 2. The van der Waals surface area contributed by atoms with Crippen molar-refractivity contribution in [3.05, 3.63) is 78.6 Å². The molecule has 0 saturated heterocycles. The minimum atomic E-state index is -0.367. The molecule has 0 saturated carbocycles. The number of carbonyl (C=O) groups excluding carboxylic acids is 1. The average Bonchev–Trinajstić information content (AvgIpc) is 3.36. The Kier molecular flexibility index (Phi) is 6.95. The summed E-state index contributed by atoms with van der Waals surface area (Å²) in [5.41, 5.74) is 1.26. The first-order chi connectivity index (χ1) is 13.7. The number of rotatable bonds is 7. The highest BCUT2D eigenvalue weighted by Gasteiger charge is 2.20. The van der Waals surface area contributed by atoms with Crippen LogP contribution in [-0.2, 0) is 17.8 Å². The summed E-state index contributed by atoms with van der Waals surface area (Å²) >= 11 is 1.34. The molecule has 0 fully saturated rings. The maximum absolute atomic E-state index is 14.1. The number of aromatic nitrogens is 3. The van der Waals surface area contributed by atoms with E-state index < -0.39 is 0 Å². The number of hydrogen-bond donors (Lipinski definition) is 0. The summed E-state index contributed by atoms with van der Waals surface area (Å²) in [7, 11) is 0. The van der Waals surface area contributed by atoms with Crippen LogP contribution >= 0.6 is 23.7 Å². The molecule has 4 aromatic rings. The lowest BCUT2D eigenvalue weighted by molar-refractivity contribution is -0.118. The Labute approximate surface area is 178 Å². The lowest BCUT2D eigenvalue weighted by Gasteiger charge is -2.20. The quantitative estimate of drug-likeness (QED) is 0.426. The van der Waals surface area contributed by atoms with E-state index in [2.05, 4.69) is 9.97 Å². The van der Waals surface area contributed by atoms with Gasteiger partial charge in [0.05, 0.1) is 17.4 Å². The van der Waals surface area contributed by atoms with Crippen molar-refractivity contribution >= 4 is 45.0 Å². The van der Waals surface area contributed by atoms with Crippen molar-refractivity contribution in [1.29, 1.82) is 0 Å². The number of para-hydroxylation sites is 1. The molecular weight excluding hydrogens is 411 g/mol. The highest BCUT2D eigenvalue weighted by atomic mass is 35.5. The maximum atomic E-state index is 14.1. The molecule has 150 valence electrons. The predicted octanol–water partition coefficient (Wildman–Crippen LogP) is 4.72. The van der Waals surface area contributed by atoms with Gasteiger partial charge in [-0.2, -0.15) is 0 Å². The third-order valence-corrected chi connectivity index (χ3v) is 5.49. The summed E-state index contributed by atoms with van der Waals surface area (Å²) in [5.74, 6) is -0.412. The van der Waals surface area contributed by atoms with Gasteiger partial charge >= 0.3 is 0 Å². The molecule has 1 amide bonds. The van der Waals surface area contributed by atoms with Crippen LogP contribution in [0, 0.1) is 5.82 Å². The van der Waals surface area contributed by atoms with E-state index in [1.165, 1.54) is 17.4 Å². The Bertz CT molecular complexity index is 1070. The van der Waals surface area contributed by atoms with Crippen molar-refractivity contribution in [2.75, 3.05) is 11.4 Å². The van der Waals surface area contributed by atoms with Crippen LogP contribution in [0.2, 0.25) is 0 Å². The van der Waals surface area contributed by atoms with E-state index in [4.69, 9.17) is 0 Å². The van der Waals surface area contributed by atoms with Gasteiger partial charge in [0.15, 0.2) is 5.13 Å². The van der Waals surface area contributed by atoms with E-state index in [0.29, 0.717) is 17.2 Å². The number of hydrogen-bond acceptors (Lipinski definition) is 4. The Morgan fingerprint density at radius 3 is 2.69 bits per heavy atom. The number of fused-ring (bicyclic) bond motifs is 1. The van der Waals surface area contributed by atoms with Crippen LogP contribution < -0.4 is 4.90 Å². The van der Waals surface area contributed by atoms with Crippen molar-refractivity contribution in [3.8, 4) is 0 Å². The molecule has 2 aromatic carbocycles. The van der Waals surface area contributed by atoms with E-state index in [-0.39, 0.29) is 30.6 Å². The smallest absolute Gasteiger partial charge is 0.233 e. The van der Waals surface area contributed by atoms with E-state index in [1.54, 1.807) is 23.5 Å². The summed E-state index contributed by atoms with van der Waals surface area (Å²) in [6.07, 6.45) is 6.40. The van der Waals surface area contributed by atoms with Gasteiger partial charge in [-0.25, -0.2) is 14.4 Å². The molecule has 29 heavy (non-hydrogen) atoms. The molecule has 5 nitrogen and oxygen atoms in total. The molecule has 8 heteroatoms. The lowest BCUT2D eigenvalue weighted by atomic mass is 10.1. The molecule has 0 atom stereocenters. The topological polar surface area (TPSA) is 51.0 Å². The van der Waals surface area contributed by atoms with E-state index in [1.807, 2.05) is 47.2 Å². The highest BCUT2D eigenvalue weighted by molar-refractivity contribution is 7.22. The molecule has 0 N–H and O–H groups in total. The van der Waals surface area contributed by atoms with Gasteiger partial charge in [0.25, 0.3) is 0 Å². The molecular formula is C21H20ClFN4OS. The van der Waals surface area contributed by atoms with Crippen LogP contribution in [0.3, 0.4) is 0 Å². The van der Waals surface area contributed by atoms with Gasteiger partial charge in [-0.3, -0.25) is 9.69 Å². The van der Waals surface area contributed by atoms with Crippen LogP contribution in [0.15, 0.2) is 67.3 Å². The summed E-state index contributed by atoms with van der Waals surface area (Å²) in [6, 6.07) is 14.5. The van der Waals surface area contributed by atoms with Crippen molar-refractivity contribution < 1.29 is 9.18 Å². The zero-order chi connectivity index (χ0) is 19.3. The monoisotopic (exact) mass is 430 g/mol. The fourth-order valence-corrected chi connectivity index (χ4v) is 4.07. The van der Waals surface area contributed by atoms with Crippen LogP contribution in [0.4, 0.5) is 9.52 Å². The number of imidazole rings is 1. The molecule has 2 heterocycles. The Morgan fingerprint density at radius 1 is 1.14 bits per heavy atom. The van der Waals surface area contributed by atoms with Gasteiger partial charge < -0.3 is 4.57 Å². The third kappa shape index (κ3) is 4.99. The number of thiazole rings is 1. The van der Waals surface area contributed by atoms with Crippen LogP contribution in [0.1, 0.15) is 12.0 Å². The van der Waals surface area contributed by atoms with Crippen molar-refractivity contribution in [1.82, 2.24) is 14.5 Å². The van der Waals surface area contributed by atoms with Gasteiger partial charge in [0.1, 0.15) is 11.3 Å². The van der Waals surface area contributed by atoms with E-state index in [0.717, 1.165) is 23.2 Å². The normalized spacial score (nSPS) is 10.7. The van der Waals surface area contributed by atoms with Crippen molar-refractivity contribution in [3.63, 3.8) is 0 Å². The van der Waals surface area contributed by atoms with Crippen molar-refractivity contribution in [2.45, 2.75) is 19.4 Å². The van der Waals surface area contributed by atoms with Crippen LogP contribution in [0.25, 0.3) is 10.2 Å². The van der Waals surface area contributed by atoms with Crippen LogP contribution in [0.5, 0.6) is 0 Å². The zero-order valence-electron chi connectivity index (χ0n) is 15.6. The number of nitrogens with zero attached hydrogens (tertiary/aromatic N) is 4. The first kappa shape index (κ1) is 21.0. The second kappa shape index (κ2) is 9.62. The molecule has 0 unspecified atom stereocenters. The summed E-state index contributed by atoms with van der Waals surface area (Å²) in [4.78, 5) is 23.2.